The molecule has 0 aliphatic carbocycles. The number of aromatic nitrogens is 2. The minimum atomic E-state index is -0.130. The van der Waals surface area contributed by atoms with Gasteiger partial charge in [-0.1, -0.05) is 36.4 Å². The number of carbonyl (C=O) groups is 1. The molecule has 5 nitrogen and oxygen atoms in total. The van der Waals surface area contributed by atoms with Crippen LogP contribution >= 0.6 is 0 Å². The first-order chi connectivity index (χ1) is 14.6. The highest BCUT2D eigenvalue weighted by molar-refractivity contribution is 6.05. The average Bonchev–Trinajstić information content (AvgIpc) is 3.26. The van der Waals surface area contributed by atoms with Gasteiger partial charge in [0.2, 0.25) is 5.78 Å². The fourth-order valence-electron chi connectivity index (χ4n) is 3.07. The molecule has 3 aromatic rings. The number of rotatable bonds is 10. The number of hydrogen-bond acceptors (Lipinski definition) is 4. The van der Waals surface area contributed by atoms with Gasteiger partial charge in [0.1, 0.15) is 23.8 Å². The van der Waals surface area contributed by atoms with Gasteiger partial charge in [-0.3, -0.25) is 9.48 Å². The molecule has 0 atom stereocenters. The Morgan fingerprint density at radius 3 is 2.70 bits per heavy atom. The van der Waals surface area contributed by atoms with Gasteiger partial charge in [0.25, 0.3) is 0 Å². The summed E-state index contributed by atoms with van der Waals surface area (Å²) in [6.07, 6.45) is 7.71. The fourth-order valence-corrected chi connectivity index (χ4v) is 3.07. The largest absolute Gasteiger partial charge is 0.496 e. The number of carbonyl (C=O) groups excluding carboxylic acids is 1. The lowest BCUT2D eigenvalue weighted by molar-refractivity contribution is 0.104. The van der Waals surface area contributed by atoms with Crippen LogP contribution in [-0.4, -0.2) is 22.7 Å². The van der Waals surface area contributed by atoms with Gasteiger partial charge < -0.3 is 9.47 Å². The SMILES string of the molecule is C=CCc1ccccc1OCc1cc(/C=C/C(=O)c2ccn(CC)n2)ccc1OC. The predicted molar refractivity (Wildman–Crippen MR) is 119 cm³/mol. The number of hydrogen-bond donors (Lipinski definition) is 0. The summed E-state index contributed by atoms with van der Waals surface area (Å²) in [4.78, 5) is 12.3. The van der Waals surface area contributed by atoms with Crippen molar-refractivity contribution in [3.63, 3.8) is 0 Å². The van der Waals surface area contributed by atoms with E-state index in [1.54, 1.807) is 30.1 Å². The van der Waals surface area contributed by atoms with Crippen molar-refractivity contribution in [2.45, 2.75) is 26.5 Å². The van der Waals surface area contributed by atoms with E-state index in [1.807, 2.05) is 55.5 Å². The van der Waals surface area contributed by atoms with Crippen LogP contribution in [0.1, 0.15) is 34.1 Å². The van der Waals surface area contributed by atoms with E-state index in [0.717, 1.165) is 41.2 Å². The van der Waals surface area contributed by atoms with E-state index in [-0.39, 0.29) is 5.78 Å². The number of benzene rings is 2. The second-order valence-corrected chi connectivity index (χ2v) is 6.71. The predicted octanol–water partition coefficient (Wildman–Crippen LogP) is 5.12. The molecule has 0 N–H and O–H groups in total. The van der Waals surface area contributed by atoms with Crippen LogP contribution in [0.3, 0.4) is 0 Å². The highest BCUT2D eigenvalue weighted by Crippen LogP contribution is 2.25. The normalized spacial score (nSPS) is 10.9. The zero-order valence-electron chi connectivity index (χ0n) is 17.4. The van der Waals surface area contributed by atoms with Crippen LogP contribution in [0.4, 0.5) is 0 Å². The van der Waals surface area contributed by atoms with Crippen LogP contribution < -0.4 is 9.47 Å². The first-order valence-corrected chi connectivity index (χ1v) is 9.89. The molecule has 0 bridgehead atoms. The third kappa shape index (κ3) is 5.26. The number of allylic oxidation sites excluding steroid dienone is 2. The Morgan fingerprint density at radius 2 is 1.97 bits per heavy atom. The van der Waals surface area contributed by atoms with E-state index in [1.165, 1.54) is 6.08 Å². The number of methoxy groups -OCH3 is 1. The molecule has 2 aromatic carbocycles. The van der Waals surface area contributed by atoms with Crippen molar-refractivity contribution in [1.82, 2.24) is 9.78 Å². The molecule has 1 heterocycles. The van der Waals surface area contributed by atoms with Crippen LogP contribution in [-0.2, 0) is 19.6 Å². The van der Waals surface area contributed by atoms with Gasteiger partial charge in [-0.15, -0.1) is 6.58 Å². The molecule has 0 saturated heterocycles. The Kier molecular flexibility index (Phi) is 7.22. The van der Waals surface area contributed by atoms with Crippen molar-refractivity contribution in [3.05, 3.63) is 95.8 Å². The Morgan fingerprint density at radius 1 is 1.13 bits per heavy atom. The van der Waals surface area contributed by atoms with Crippen LogP contribution in [0.2, 0.25) is 0 Å². The number of nitrogens with zero attached hydrogens (tertiary/aromatic N) is 2. The molecule has 0 unspecified atom stereocenters. The van der Waals surface area contributed by atoms with Crippen LogP contribution in [0, 0.1) is 0 Å². The van der Waals surface area contributed by atoms with E-state index in [2.05, 4.69) is 11.7 Å². The Hall–Kier alpha value is -3.60. The average molecular weight is 402 g/mol. The van der Waals surface area contributed by atoms with Crippen molar-refractivity contribution >= 4 is 11.9 Å². The van der Waals surface area contributed by atoms with Crippen molar-refractivity contribution < 1.29 is 14.3 Å². The summed E-state index contributed by atoms with van der Waals surface area (Å²) in [5.74, 6) is 1.43. The summed E-state index contributed by atoms with van der Waals surface area (Å²) < 4.78 is 13.3. The molecular weight excluding hydrogens is 376 g/mol. The molecule has 3 rings (SSSR count). The minimum Gasteiger partial charge on any atom is -0.496 e. The van der Waals surface area contributed by atoms with Crippen molar-refractivity contribution in [3.8, 4) is 11.5 Å². The second-order valence-electron chi connectivity index (χ2n) is 6.71. The van der Waals surface area contributed by atoms with Crippen molar-refractivity contribution in [2.75, 3.05) is 7.11 Å². The summed E-state index contributed by atoms with van der Waals surface area (Å²) in [6, 6.07) is 15.4. The zero-order valence-corrected chi connectivity index (χ0v) is 17.4. The summed E-state index contributed by atoms with van der Waals surface area (Å²) in [7, 11) is 1.63. The van der Waals surface area contributed by atoms with Crippen LogP contribution in [0.15, 0.2) is 73.5 Å². The molecule has 0 amide bonds. The van der Waals surface area contributed by atoms with Crippen molar-refractivity contribution in [2.24, 2.45) is 0 Å². The summed E-state index contributed by atoms with van der Waals surface area (Å²) in [5.41, 5.74) is 3.30. The molecule has 0 aliphatic heterocycles. The second kappa shape index (κ2) is 10.3. The van der Waals surface area contributed by atoms with Crippen LogP contribution in [0.5, 0.6) is 11.5 Å². The Balaban J connectivity index is 1.75. The third-order valence-corrected chi connectivity index (χ3v) is 4.67. The standard InChI is InChI=1S/C25H26N2O3/c1-4-8-20-9-6-7-10-25(20)30-18-21-17-19(12-14-24(21)29-3)11-13-23(28)22-15-16-27(5-2)26-22/h4,6-7,9-17H,1,5,8,18H2,2-3H3/b13-11+. The van der Waals surface area contributed by atoms with Gasteiger partial charge >= 0.3 is 0 Å². The van der Waals surface area contributed by atoms with Gasteiger partial charge in [0, 0.05) is 18.3 Å². The third-order valence-electron chi connectivity index (χ3n) is 4.67. The van der Waals surface area contributed by atoms with Crippen LogP contribution in [0.25, 0.3) is 6.08 Å². The molecule has 0 spiro atoms. The maximum absolute atomic E-state index is 12.3. The Bertz CT molecular complexity index is 1050. The molecule has 0 saturated carbocycles. The molecule has 0 aliphatic rings. The van der Waals surface area contributed by atoms with Gasteiger partial charge in [0.15, 0.2) is 0 Å². The molecular formula is C25H26N2O3. The number of para-hydroxylation sites is 1. The maximum Gasteiger partial charge on any atom is 0.206 e. The maximum atomic E-state index is 12.3. The first-order valence-electron chi connectivity index (χ1n) is 9.89. The first kappa shape index (κ1) is 21.1. The quantitative estimate of drug-likeness (QED) is 0.268. The topological polar surface area (TPSA) is 53.4 Å². The highest BCUT2D eigenvalue weighted by atomic mass is 16.5. The molecule has 154 valence electrons. The number of aryl methyl sites for hydroxylation is 1. The monoisotopic (exact) mass is 402 g/mol. The number of ketones is 1. The van der Waals surface area contributed by atoms with Gasteiger partial charge in [-0.05, 0) is 54.8 Å². The van der Waals surface area contributed by atoms with E-state index in [9.17, 15) is 4.79 Å². The lowest BCUT2D eigenvalue weighted by atomic mass is 10.1. The molecule has 30 heavy (non-hydrogen) atoms. The van der Waals surface area contributed by atoms with Gasteiger partial charge in [-0.2, -0.15) is 5.10 Å². The zero-order chi connectivity index (χ0) is 21.3. The van der Waals surface area contributed by atoms with E-state index >= 15 is 0 Å². The van der Waals surface area contributed by atoms with Gasteiger partial charge in [0.05, 0.1) is 7.11 Å². The Labute approximate surface area is 177 Å². The summed E-state index contributed by atoms with van der Waals surface area (Å²) in [6.45, 7) is 6.87. The van der Waals surface area contributed by atoms with E-state index in [4.69, 9.17) is 9.47 Å². The lowest BCUT2D eigenvalue weighted by Gasteiger charge is -2.13. The molecule has 1 aromatic heterocycles. The summed E-state index contributed by atoms with van der Waals surface area (Å²) in [5, 5.41) is 4.24. The van der Waals surface area contributed by atoms with E-state index in [0.29, 0.717) is 12.3 Å². The molecule has 0 radical (unpaired) electrons. The summed E-state index contributed by atoms with van der Waals surface area (Å²) >= 11 is 0. The van der Waals surface area contributed by atoms with Crippen molar-refractivity contribution in [1.29, 1.82) is 0 Å². The van der Waals surface area contributed by atoms with E-state index < -0.39 is 0 Å². The highest BCUT2D eigenvalue weighted by Gasteiger charge is 2.09. The lowest BCUT2D eigenvalue weighted by Crippen LogP contribution is -2.01. The molecule has 5 heteroatoms. The molecule has 0 fully saturated rings. The fraction of sp³-hybridized carbons (Fsp3) is 0.200. The van der Waals surface area contributed by atoms with Gasteiger partial charge in [-0.25, -0.2) is 0 Å². The minimum absolute atomic E-state index is 0.130. The number of ether oxygens (including phenoxy) is 2. The smallest absolute Gasteiger partial charge is 0.206 e.